The van der Waals surface area contributed by atoms with Gasteiger partial charge in [0, 0.05) is 16.5 Å². The summed E-state index contributed by atoms with van der Waals surface area (Å²) < 4.78 is 5.17. The van der Waals surface area contributed by atoms with Crippen LogP contribution in [0, 0.1) is 20.8 Å². The molecule has 0 unspecified atom stereocenters. The van der Waals surface area contributed by atoms with E-state index in [0.717, 1.165) is 10.5 Å². The fraction of sp³-hybridized carbons (Fsp3) is 0.409. The van der Waals surface area contributed by atoms with E-state index in [2.05, 4.69) is 50.8 Å². The molecule has 0 aliphatic heterocycles. The number of halogens is 1. The van der Waals surface area contributed by atoms with Crippen molar-refractivity contribution in [3.05, 3.63) is 63.7 Å². The van der Waals surface area contributed by atoms with Gasteiger partial charge in [-0.05, 0) is 70.4 Å². The van der Waals surface area contributed by atoms with Gasteiger partial charge in [-0.3, -0.25) is 4.79 Å². The zero-order valence-corrected chi connectivity index (χ0v) is 18.7. The highest BCUT2D eigenvalue weighted by atomic mass is 35.5. The second kappa shape index (κ2) is 10.7. The minimum Gasteiger partial charge on any atom is -0.459 e. The van der Waals surface area contributed by atoms with Gasteiger partial charge in [-0.15, -0.1) is 12.6 Å². The molecule has 0 heterocycles. The Morgan fingerprint density at radius 2 is 1.59 bits per heavy atom. The Morgan fingerprint density at radius 1 is 1.07 bits per heavy atom. The van der Waals surface area contributed by atoms with Gasteiger partial charge in [-0.25, -0.2) is 0 Å². The van der Waals surface area contributed by atoms with E-state index in [-0.39, 0.29) is 12.5 Å². The smallest absolute Gasteiger partial charge is 0.320 e. The lowest BCUT2D eigenvalue weighted by Crippen LogP contribution is -2.31. The first kappa shape index (κ1) is 23.5. The highest BCUT2D eigenvalue weighted by Crippen LogP contribution is 2.19. The zero-order valence-electron chi connectivity index (χ0n) is 17.0. The topological polar surface area (TPSA) is 38.3 Å². The second-order valence-corrected chi connectivity index (χ2v) is 8.45. The van der Waals surface area contributed by atoms with E-state index < -0.39 is 5.60 Å². The molecule has 2 aromatic rings. The van der Waals surface area contributed by atoms with Crippen LogP contribution in [0.1, 0.15) is 43.0 Å². The third kappa shape index (κ3) is 9.85. The molecular weight excluding hydrogens is 378 g/mol. The summed E-state index contributed by atoms with van der Waals surface area (Å²) in [6.07, 6.45) is 0. The van der Waals surface area contributed by atoms with Crippen molar-refractivity contribution in [2.45, 2.75) is 58.6 Å². The molecule has 0 fully saturated rings. The van der Waals surface area contributed by atoms with E-state index in [1.807, 2.05) is 45.0 Å². The number of carbonyl (C=O) groups excluding carboxylic acids is 1. The van der Waals surface area contributed by atoms with Gasteiger partial charge in [0.1, 0.15) is 5.60 Å². The molecule has 27 heavy (non-hydrogen) atoms. The molecule has 2 rings (SSSR count). The van der Waals surface area contributed by atoms with Crippen LogP contribution in [0.25, 0.3) is 0 Å². The second-order valence-electron chi connectivity index (χ2n) is 7.56. The molecule has 0 aromatic heterocycles. The molecule has 5 heteroatoms. The van der Waals surface area contributed by atoms with Crippen molar-refractivity contribution < 1.29 is 9.53 Å². The number of carbonyl (C=O) groups is 1. The Bertz CT molecular complexity index is 729. The number of hydrogen-bond acceptors (Lipinski definition) is 4. The number of nitrogens with one attached hydrogen (secondary N) is 1. The number of benzene rings is 2. The van der Waals surface area contributed by atoms with Crippen LogP contribution < -0.4 is 5.32 Å². The quantitative estimate of drug-likeness (QED) is 0.506. The number of ether oxygens (including phenoxy) is 1. The fourth-order valence-electron chi connectivity index (χ4n) is 2.46. The van der Waals surface area contributed by atoms with Crippen LogP contribution in [0.2, 0.25) is 5.02 Å². The van der Waals surface area contributed by atoms with Crippen molar-refractivity contribution in [2.24, 2.45) is 0 Å². The number of esters is 1. The van der Waals surface area contributed by atoms with Gasteiger partial charge in [0.25, 0.3) is 0 Å². The fourth-order valence-corrected chi connectivity index (χ4v) is 2.72. The summed E-state index contributed by atoms with van der Waals surface area (Å²) >= 11 is 10.1. The average Bonchev–Trinajstić information content (AvgIpc) is 2.53. The van der Waals surface area contributed by atoms with Gasteiger partial charge in [-0.1, -0.05) is 41.4 Å². The summed E-state index contributed by atoms with van der Waals surface area (Å²) in [7, 11) is 0. The highest BCUT2D eigenvalue weighted by Gasteiger charge is 2.15. The molecule has 0 aliphatic rings. The molecule has 2 aromatic carbocycles. The maximum Gasteiger partial charge on any atom is 0.320 e. The summed E-state index contributed by atoms with van der Waals surface area (Å²) in [5, 5.41) is 3.74. The van der Waals surface area contributed by atoms with Crippen LogP contribution in [0.4, 0.5) is 0 Å². The lowest BCUT2D eigenvalue weighted by Gasteiger charge is -2.19. The number of aryl methyl sites for hydroxylation is 3. The molecule has 0 spiro atoms. The average molecular weight is 408 g/mol. The first-order valence-corrected chi connectivity index (χ1v) is 9.74. The molecule has 1 N–H and O–H groups in total. The van der Waals surface area contributed by atoms with Crippen LogP contribution in [0.3, 0.4) is 0 Å². The van der Waals surface area contributed by atoms with Gasteiger partial charge in [0.15, 0.2) is 0 Å². The highest BCUT2D eigenvalue weighted by molar-refractivity contribution is 7.80. The maximum absolute atomic E-state index is 11.4. The van der Waals surface area contributed by atoms with Gasteiger partial charge in [-0.2, -0.15) is 0 Å². The monoisotopic (exact) mass is 407 g/mol. The molecular formula is C22H30ClNO2S. The number of hydrogen-bond donors (Lipinski definition) is 2. The van der Waals surface area contributed by atoms with Crippen molar-refractivity contribution in [1.82, 2.24) is 5.32 Å². The Kier molecular flexibility index (Phi) is 9.37. The Balaban J connectivity index is 0.000000309. The minimum absolute atomic E-state index is 0.208. The Morgan fingerprint density at radius 3 is 2.07 bits per heavy atom. The maximum atomic E-state index is 11.4. The molecule has 0 bridgehead atoms. The number of rotatable bonds is 4. The van der Waals surface area contributed by atoms with Crippen molar-refractivity contribution in [2.75, 3.05) is 6.54 Å². The standard InChI is InChI=1S/C13H18ClNO2.C9H12S/c1-13(2,3)17-12(16)9-15-8-10-4-6-11(14)7-5-10;1-6-4-7(2)9(10)8(3)5-6/h4-7,15H,8-9H2,1-3H3;4-5,10H,1-3H3. The van der Waals surface area contributed by atoms with Crippen LogP contribution in [0.5, 0.6) is 0 Å². The summed E-state index contributed by atoms with van der Waals surface area (Å²) in [6, 6.07) is 11.8. The van der Waals surface area contributed by atoms with Gasteiger partial charge < -0.3 is 10.1 Å². The minimum atomic E-state index is -0.432. The van der Waals surface area contributed by atoms with Crippen LogP contribution >= 0.6 is 24.2 Å². The summed E-state index contributed by atoms with van der Waals surface area (Å²) in [5.41, 5.74) is 4.49. The van der Waals surface area contributed by atoms with E-state index in [4.69, 9.17) is 16.3 Å². The summed E-state index contributed by atoms with van der Waals surface area (Å²) in [5.74, 6) is -0.244. The zero-order chi connectivity index (χ0) is 20.6. The molecule has 148 valence electrons. The van der Waals surface area contributed by atoms with E-state index >= 15 is 0 Å². The van der Waals surface area contributed by atoms with Gasteiger partial charge in [0.05, 0.1) is 6.54 Å². The predicted molar refractivity (Wildman–Crippen MR) is 117 cm³/mol. The molecule has 0 saturated carbocycles. The van der Waals surface area contributed by atoms with E-state index in [0.29, 0.717) is 11.6 Å². The van der Waals surface area contributed by atoms with Crippen molar-refractivity contribution >= 4 is 30.2 Å². The Hall–Kier alpha value is -1.49. The molecule has 0 atom stereocenters. The van der Waals surface area contributed by atoms with E-state index in [1.54, 1.807) is 0 Å². The lowest BCUT2D eigenvalue weighted by molar-refractivity contribution is -0.153. The van der Waals surface area contributed by atoms with Crippen molar-refractivity contribution in [1.29, 1.82) is 0 Å². The molecule has 0 saturated heterocycles. The van der Waals surface area contributed by atoms with Crippen molar-refractivity contribution in [3.63, 3.8) is 0 Å². The summed E-state index contributed by atoms with van der Waals surface area (Å²) in [4.78, 5) is 12.5. The predicted octanol–water partition coefficient (Wildman–Crippen LogP) is 5.67. The van der Waals surface area contributed by atoms with E-state index in [9.17, 15) is 4.79 Å². The summed E-state index contributed by atoms with van der Waals surface area (Å²) in [6.45, 7) is 12.7. The van der Waals surface area contributed by atoms with Crippen molar-refractivity contribution in [3.8, 4) is 0 Å². The van der Waals surface area contributed by atoms with E-state index in [1.165, 1.54) is 16.7 Å². The molecule has 0 amide bonds. The van der Waals surface area contributed by atoms with Crippen LogP contribution in [0.15, 0.2) is 41.3 Å². The molecule has 0 aliphatic carbocycles. The number of thiol groups is 1. The Labute approximate surface area is 173 Å². The van der Waals surface area contributed by atoms with Gasteiger partial charge in [0.2, 0.25) is 0 Å². The first-order chi connectivity index (χ1) is 12.5. The molecule has 3 nitrogen and oxygen atoms in total. The molecule has 0 radical (unpaired) electrons. The lowest BCUT2D eigenvalue weighted by atomic mass is 10.1. The SMILES string of the molecule is CC(C)(C)OC(=O)CNCc1ccc(Cl)cc1.Cc1cc(C)c(S)c(C)c1. The van der Waals surface area contributed by atoms with Gasteiger partial charge >= 0.3 is 5.97 Å². The van der Waals surface area contributed by atoms with Crippen LogP contribution in [-0.4, -0.2) is 18.1 Å². The third-order valence-corrected chi connectivity index (χ3v) is 4.52. The first-order valence-electron chi connectivity index (χ1n) is 8.92. The third-order valence-electron chi connectivity index (χ3n) is 3.57. The normalized spacial score (nSPS) is 10.8. The largest absolute Gasteiger partial charge is 0.459 e. The van der Waals surface area contributed by atoms with Crippen LogP contribution in [-0.2, 0) is 16.1 Å².